The molecule has 2 unspecified atom stereocenters. The molecule has 0 fully saturated rings. The Balaban J connectivity index is 2.09. The molecule has 0 aliphatic rings. The van der Waals surface area contributed by atoms with Crippen molar-refractivity contribution in [2.75, 3.05) is 0 Å². The molecule has 0 bridgehead atoms. The average molecular weight is 269 g/mol. The molecule has 1 aromatic carbocycles. The highest BCUT2D eigenvalue weighted by Crippen LogP contribution is 2.23. The summed E-state index contributed by atoms with van der Waals surface area (Å²) in [6.07, 6.45) is -1.18. The molecule has 0 radical (unpaired) electrons. The first kappa shape index (κ1) is 12.9. The number of benzene rings is 1. The normalized spacial score (nSPS) is 14.2. The van der Waals surface area contributed by atoms with Gasteiger partial charge in [0.25, 0.3) is 5.89 Å². The first-order chi connectivity index (χ1) is 8.56. The Morgan fingerprint density at radius 3 is 2.78 bits per heavy atom. The number of halogens is 1. The van der Waals surface area contributed by atoms with Gasteiger partial charge in [-0.3, -0.25) is 0 Å². The van der Waals surface area contributed by atoms with Crippen molar-refractivity contribution in [1.29, 1.82) is 0 Å². The highest BCUT2D eigenvalue weighted by molar-refractivity contribution is 6.30. The largest absolute Gasteiger partial charge is 0.481 e. The summed E-state index contributed by atoms with van der Waals surface area (Å²) in [5, 5.41) is 13.5. The fraction of sp³-hybridized carbons (Fsp3) is 0.333. The van der Waals surface area contributed by atoms with E-state index in [0.717, 1.165) is 0 Å². The molecule has 0 aliphatic heterocycles. The molecule has 96 valence electrons. The van der Waals surface area contributed by atoms with E-state index in [1.165, 1.54) is 0 Å². The van der Waals surface area contributed by atoms with Gasteiger partial charge in [0, 0.05) is 5.02 Å². The Labute approximate surface area is 109 Å². The second-order valence-corrected chi connectivity index (χ2v) is 4.32. The molecule has 0 spiro atoms. The van der Waals surface area contributed by atoms with Gasteiger partial charge < -0.3 is 14.4 Å². The van der Waals surface area contributed by atoms with E-state index in [2.05, 4.69) is 10.1 Å². The van der Waals surface area contributed by atoms with E-state index in [9.17, 15) is 5.11 Å². The standard InChI is InChI=1S/C12H13ClN2O3/c1-7(16)11-14-12(18-15-11)8(2)17-10-5-3-4-9(13)6-10/h3-8,16H,1-2H3. The van der Waals surface area contributed by atoms with Crippen LogP contribution in [0, 0.1) is 0 Å². The molecule has 2 aromatic rings. The summed E-state index contributed by atoms with van der Waals surface area (Å²) in [6, 6.07) is 7.04. The summed E-state index contributed by atoms with van der Waals surface area (Å²) in [5.74, 6) is 1.17. The Hall–Kier alpha value is -1.59. The lowest BCUT2D eigenvalue weighted by atomic mass is 10.3. The van der Waals surface area contributed by atoms with Crippen molar-refractivity contribution in [3.8, 4) is 5.75 Å². The van der Waals surface area contributed by atoms with Crippen molar-refractivity contribution in [3.05, 3.63) is 41.0 Å². The van der Waals surface area contributed by atoms with Crippen LogP contribution in [0.4, 0.5) is 0 Å². The molecule has 18 heavy (non-hydrogen) atoms. The third kappa shape index (κ3) is 3.00. The number of aliphatic hydroxyl groups is 1. The van der Waals surface area contributed by atoms with Crippen LogP contribution in [0.2, 0.25) is 5.02 Å². The van der Waals surface area contributed by atoms with Gasteiger partial charge in [-0.1, -0.05) is 22.8 Å². The Morgan fingerprint density at radius 1 is 1.39 bits per heavy atom. The van der Waals surface area contributed by atoms with Gasteiger partial charge in [0.2, 0.25) is 0 Å². The lowest BCUT2D eigenvalue weighted by Gasteiger charge is -2.10. The number of hydrogen-bond donors (Lipinski definition) is 1. The summed E-state index contributed by atoms with van der Waals surface area (Å²) >= 11 is 5.86. The fourth-order valence-corrected chi connectivity index (χ4v) is 1.56. The highest BCUT2D eigenvalue weighted by Gasteiger charge is 2.18. The molecule has 1 aromatic heterocycles. The van der Waals surface area contributed by atoms with E-state index >= 15 is 0 Å². The van der Waals surface area contributed by atoms with Crippen molar-refractivity contribution in [3.63, 3.8) is 0 Å². The van der Waals surface area contributed by atoms with Gasteiger partial charge in [0.15, 0.2) is 11.9 Å². The minimum absolute atomic E-state index is 0.242. The zero-order valence-electron chi connectivity index (χ0n) is 10.0. The van der Waals surface area contributed by atoms with E-state index in [1.807, 2.05) is 0 Å². The third-order valence-electron chi connectivity index (χ3n) is 2.29. The Morgan fingerprint density at radius 2 is 2.17 bits per heavy atom. The zero-order valence-corrected chi connectivity index (χ0v) is 10.8. The fourth-order valence-electron chi connectivity index (χ4n) is 1.38. The molecular weight excluding hydrogens is 256 g/mol. The second-order valence-electron chi connectivity index (χ2n) is 3.88. The maximum Gasteiger partial charge on any atom is 0.267 e. The summed E-state index contributed by atoms with van der Waals surface area (Å²) < 4.78 is 10.6. The van der Waals surface area contributed by atoms with E-state index in [0.29, 0.717) is 16.7 Å². The van der Waals surface area contributed by atoms with Crippen LogP contribution in [0.1, 0.15) is 37.8 Å². The van der Waals surface area contributed by atoms with Crippen LogP contribution >= 0.6 is 11.6 Å². The highest BCUT2D eigenvalue weighted by atomic mass is 35.5. The molecule has 2 atom stereocenters. The summed E-state index contributed by atoms with van der Waals surface area (Å²) in [4.78, 5) is 4.04. The van der Waals surface area contributed by atoms with Crippen LogP contribution in [-0.4, -0.2) is 15.2 Å². The van der Waals surface area contributed by atoms with Gasteiger partial charge in [0.1, 0.15) is 11.9 Å². The number of nitrogens with zero attached hydrogens (tertiary/aromatic N) is 2. The van der Waals surface area contributed by atoms with Crippen LogP contribution in [0.5, 0.6) is 5.75 Å². The van der Waals surface area contributed by atoms with Crippen molar-refractivity contribution in [2.24, 2.45) is 0 Å². The number of aromatic nitrogens is 2. The van der Waals surface area contributed by atoms with E-state index in [1.54, 1.807) is 38.1 Å². The molecule has 0 saturated heterocycles. The van der Waals surface area contributed by atoms with Gasteiger partial charge >= 0.3 is 0 Å². The maximum absolute atomic E-state index is 9.30. The monoisotopic (exact) mass is 268 g/mol. The predicted molar refractivity (Wildman–Crippen MR) is 65.4 cm³/mol. The molecule has 1 heterocycles. The SMILES string of the molecule is CC(O)c1noc(C(C)Oc2cccc(Cl)c2)n1. The Bertz CT molecular complexity index is 528. The van der Waals surface area contributed by atoms with Crippen molar-refractivity contribution >= 4 is 11.6 Å². The number of ether oxygens (including phenoxy) is 1. The molecular formula is C12H13ClN2O3. The third-order valence-corrected chi connectivity index (χ3v) is 2.52. The Kier molecular flexibility index (Phi) is 3.84. The zero-order chi connectivity index (χ0) is 13.1. The molecule has 0 aliphatic carbocycles. The van der Waals surface area contributed by atoms with Gasteiger partial charge in [-0.25, -0.2) is 0 Å². The maximum atomic E-state index is 9.30. The predicted octanol–water partition coefficient (Wildman–Crippen LogP) is 2.92. The van der Waals surface area contributed by atoms with Crippen molar-refractivity contribution < 1.29 is 14.4 Å². The first-order valence-electron chi connectivity index (χ1n) is 5.50. The first-order valence-corrected chi connectivity index (χ1v) is 5.88. The minimum Gasteiger partial charge on any atom is -0.481 e. The number of rotatable bonds is 4. The molecule has 2 rings (SSSR count). The van der Waals surface area contributed by atoms with E-state index < -0.39 is 12.2 Å². The lowest BCUT2D eigenvalue weighted by molar-refractivity contribution is 0.172. The van der Waals surface area contributed by atoms with Crippen LogP contribution in [0.15, 0.2) is 28.8 Å². The van der Waals surface area contributed by atoms with Gasteiger partial charge in [-0.05, 0) is 32.0 Å². The molecule has 0 saturated carbocycles. The van der Waals surface area contributed by atoms with Crippen LogP contribution < -0.4 is 4.74 Å². The van der Waals surface area contributed by atoms with Gasteiger partial charge in [-0.15, -0.1) is 0 Å². The summed E-state index contributed by atoms with van der Waals surface area (Å²) in [6.45, 7) is 3.34. The average Bonchev–Trinajstić information content (AvgIpc) is 2.78. The second kappa shape index (κ2) is 5.37. The van der Waals surface area contributed by atoms with Gasteiger partial charge in [0.05, 0.1) is 0 Å². The minimum atomic E-state index is -0.763. The van der Waals surface area contributed by atoms with Gasteiger partial charge in [-0.2, -0.15) is 4.98 Å². The summed E-state index contributed by atoms with van der Waals surface area (Å²) in [7, 11) is 0. The number of hydrogen-bond acceptors (Lipinski definition) is 5. The van der Waals surface area contributed by atoms with Crippen molar-refractivity contribution in [1.82, 2.24) is 10.1 Å². The van der Waals surface area contributed by atoms with E-state index in [-0.39, 0.29) is 5.82 Å². The summed E-state index contributed by atoms with van der Waals surface area (Å²) in [5.41, 5.74) is 0. The molecule has 0 amide bonds. The van der Waals surface area contributed by atoms with Crippen LogP contribution in [-0.2, 0) is 0 Å². The smallest absolute Gasteiger partial charge is 0.267 e. The van der Waals surface area contributed by atoms with E-state index in [4.69, 9.17) is 20.9 Å². The topological polar surface area (TPSA) is 68.4 Å². The quantitative estimate of drug-likeness (QED) is 0.923. The lowest BCUT2D eigenvalue weighted by Crippen LogP contribution is -2.04. The van der Waals surface area contributed by atoms with Crippen LogP contribution in [0.3, 0.4) is 0 Å². The molecule has 6 heteroatoms. The van der Waals surface area contributed by atoms with Crippen molar-refractivity contribution in [2.45, 2.75) is 26.1 Å². The number of aliphatic hydroxyl groups excluding tert-OH is 1. The molecule has 1 N–H and O–H groups in total. The molecule has 5 nitrogen and oxygen atoms in total. The van der Waals surface area contributed by atoms with Crippen LogP contribution in [0.25, 0.3) is 0 Å².